The van der Waals surface area contributed by atoms with Crippen LogP contribution in [0.4, 0.5) is 11.6 Å². The first kappa shape index (κ1) is 22.9. The third-order valence-corrected chi connectivity index (χ3v) is 7.51. The Hall–Kier alpha value is -2.87. The highest BCUT2D eigenvalue weighted by molar-refractivity contribution is 5.79. The Morgan fingerprint density at radius 1 is 0.882 bits per heavy atom. The van der Waals surface area contributed by atoms with Crippen LogP contribution in [-0.2, 0) is 11.3 Å². The molecular weight excluding hydrogens is 428 g/mol. The van der Waals surface area contributed by atoms with Crippen molar-refractivity contribution in [2.45, 2.75) is 38.6 Å². The van der Waals surface area contributed by atoms with Crippen molar-refractivity contribution in [1.82, 2.24) is 19.8 Å². The number of amides is 1. The molecule has 3 aliphatic rings. The summed E-state index contributed by atoms with van der Waals surface area (Å²) in [6, 6.07) is 12.1. The molecular formula is C26H36N6O2. The Kier molecular flexibility index (Phi) is 7.13. The van der Waals surface area contributed by atoms with E-state index in [4.69, 9.17) is 4.98 Å². The Morgan fingerprint density at radius 2 is 1.56 bits per heavy atom. The number of anilines is 2. The van der Waals surface area contributed by atoms with Crippen LogP contribution < -0.4 is 15.4 Å². The summed E-state index contributed by atoms with van der Waals surface area (Å²) in [4.78, 5) is 41.9. The number of carbonyl (C=O) groups is 1. The lowest BCUT2D eigenvalue weighted by atomic mass is 9.88. The quantitative estimate of drug-likeness (QED) is 0.732. The summed E-state index contributed by atoms with van der Waals surface area (Å²) < 4.78 is 0. The Morgan fingerprint density at radius 3 is 2.26 bits per heavy atom. The number of rotatable bonds is 5. The Balaban J connectivity index is 1.15. The van der Waals surface area contributed by atoms with Crippen LogP contribution >= 0.6 is 0 Å². The highest BCUT2D eigenvalue weighted by Gasteiger charge is 2.29. The minimum Gasteiger partial charge on any atom is -0.369 e. The maximum atomic E-state index is 12.9. The zero-order valence-corrected chi connectivity index (χ0v) is 20.0. The molecule has 1 aromatic carbocycles. The van der Waals surface area contributed by atoms with Gasteiger partial charge in [-0.3, -0.25) is 19.5 Å². The average molecular weight is 465 g/mol. The van der Waals surface area contributed by atoms with Crippen LogP contribution in [0, 0.1) is 5.92 Å². The molecule has 0 radical (unpaired) electrons. The van der Waals surface area contributed by atoms with Gasteiger partial charge in [0.1, 0.15) is 0 Å². The van der Waals surface area contributed by atoms with Crippen LogP contribution in [0.5, 0.6) is 0 Å². The van der Waals surface area contributed by atoms with E-state index in [1.165, 1.54) is 24.9 Å². The van der Waals surface area contributed by atoms with E-state index in [1.54, 1.807) is 6.07 Å². The molecule has 1 aromatic heterocycles. The fraction of sp³-hybridized carbons (Fsp3) is 0.577. The van der Waals surface area contributed by atoms with E-state index in [2.05, 4.69) is 43.9 Å². The molecule has 2 aromatic rings. The van der Waals surface area contributed by atoms with Crippen molar-refractivity contribution in [3.8, 4) is 0 Å². The van der Waals surface area contributed by atoms with Crippen LogP contribution in [0.3, 0.4) is 0 Å². The lowest BCUT2D eigenvalue weighted by Crippen LogP contribution is -2.51. The Labute approximate surface area is 201 Å². The molecule has 8 heteroatoms. The van der Waals surface area contributed by atoms with E-state index in [0.29, 0.717) is 44.6 Å². The van der Waals surface area contributed by atoms with Gasteiger partial charge in [-0.05, 0) is 25.0 Å². The molecule has 182 valence electrons. The van der Waals surface area contributed by atoms with Crippen molar-refractivity contribution in [2.24, 2.45) is 5.92 Å². The molecule has 3 heterocycles. The number of carbonyl (C=O) groups excluding carboxylic acids is 1. The number of aromatic nitrogens is 2. The van der Waals surface area contributed by atoms with Gasteiger partial charge < -0.3 is 14.7 Å². The molecule has 1 N–H and O–H groups in total. The van der Waals surface area contributed by atoms with E-state index in [0.717, 1.165) is 44.7 Å². The van der Waals surface area contributed by atoms with Crippen LogP contribution in [0.15, 0.2) is 41.2 Å². The third-order valence-electron chi connectivity index (χ3n) is 7.51. The molecule has 8 nitrogen and oxygen atoms in total. The van der Waals surface area contributed by atoms with Crippen LogP contribution in [0.1, 0.15) is 37.8 Å². The second-order valence-corrected chi connectivity index (χ2v) is 9.81. The van der Waals surface area contributed by atoms with Gasteiger partial charge in [-0.1, -0.05) is 37.5 Å². The minimum absolute atomic E-state index is 0.108. The van der Waals surface area contributed by atoms with Crippen molar-refractivity contribution in [3.63, 3.8) is 0 Å². The molecule has 1 saturated carbocycles. The summed E-state index contributed by atoms with van der Waals surface area (Å²) in [6.45, 7) is 7.33. The summed E-state index contributed by atoms with van der Waals surface area (Å²) in [5.74, 6) is 1.17. The minimum atomic E-state index is -0.108. The van der Waals surface area contributed by atoms with Crippen LogP contribution in [0.25, 0.3) is 0 Å². The first-order chi connectivity index (χ1) is 16.7. The third kappa shape index (κ3) is 5.43. The lowest BCUT2D eigenvalue weighted by Gasteiger charge is -2.37. The van der Waals surface area contributed by atoms with Gasteiger partial charge in [0.2, 0.25) is 11.9 Å². The average Bonchev–Trinajstić information content (AvgIpc) is 2.89. The maximum Gasteiger partial charge on any atom is 0.252 e. The predicted molar refractivity (Wildman–Crippen MR) is 134 cm³/mol. The number of para-hydroxylation sites is 1. The number of hydrogen-bond acceptors (Lipinski definition) is 6. The SMILES string of the molecule is O=C(C1CCCCC1)N1CCN(c2nc(CN3CCN(c4ccccc4)CC3)cc(=O)[nH]2)CC1. The molecule has 1 aliphatic carbocycles. The maximum absolute atomic E-state index is 12.9. The van der Waals surface area contributed by atoms with E-state index in [-0.39, 0.29) is 11.5 Å². The smallest absolute Gasteiger partial charge is 0.252 e. The molecule has 0 atom stereocenters. The molecule has 2 aliphatic heterocycles. The summed E-state index contributed by atoms with van der Waals surface area (Å²) in [5.41, 5.74) is 1.97. The number of hydrogen-bond donors (Lipinski definition) is 1. The van der Waals surface area contributed by atoms with Gasteiger partial charge in [0.05, 0.1) is 5.69 Å². The van der Waals surface area contributed by atoms with E-state index in [9.17, 15) is 9.59 Å². The van der Waals surface area contributed by atoms with E-state index >= 15 is 0 Å². The lowest BCUT2D eigenvalue weighted by molar-refractivity contribution is -0.136. The normalized spacial score (nSPS) is 20.5. The second kappa shape index (κ2) is 10.6. The number of nitrogens with zero attached hydrogens (tertiary/aromatic N) is 5. The Bertz CT molecular complexity index is 1000. The van der Waals surface area contributed by atoms with Crippen molar-refractivity contribution in [3.05, 3.63) is 52.4 Å². The van der Waals surface area contributed by atoms with Gasteiger partial charge in [-0.25, -0.2) is 4.98 Å². The second-order valence-electron chi connectivity index (χ2n) is 9.81. The number of piperazine rings is 2. The zero-order valence-electron chi connectivity index (χ0n) is 20.0. The number of nitrogens with one attached hydrogen (secondary N) is 1. The summed E-state index contributed by atoms with van der Waals surface area (Å²) in [6.07, 6.45) is 5.69. The summed E-state index contributed by atoms with van der Waals surface area (Å²) in [5, 5.41) is 0. The van der Waals surface area contributed by atoms with Crippen LogP contribution in [0.2, 0.25) is 0 Å². The van der Waals surface area contributed by atoms with E-state index < -0.39 is 0 Å². The fourth-order valence-electron chi connectivity index (χ4n) is 5.50. The molecule has 0 bridgehead atoms. The summed E-state index contributed by atoms with van der Waals surface area (Å²) in [7, 11) is 0. The largest absolute Gasteiger partial charge is 0.369 e. The van der Waals surface area contributed by atoms with Gasteiger partial charge in [0.25, 0.3) is 5.56 Å². The van der Waals surface area contributed by atoms with Gasteiger partial charge in [0, 0.05) is 76.6 Å². The van der Waals surface area contributed by atoms with Crippen LogP contribution in [-0.4, -0.2) is 78.0 Å². The van der Waals surface area contributed by atoms with Crippen molar-refractivity contribution < 1.29 is 4.79 Å². The first-order valence-corrected chi connectivity index (χ1v) is 12.8. The predicted octanol–water partition coefficient (Wildman–Crippen LogP) is 2.32. The number of benzene rings is 1. The highest BCUT2D eigenvalue weighted by Crippen LogP contribution is 2.26. The monoisotopic (exact) mass is 464 g/mol. The molecule has 34 heavy (non-hydrogen) atoms. The number of H-pyrrole nitrogens is 1. The van der Waals surface area contributed by atoms with E-state index in [1.807, 2.05) is 11.0 Å². The topological polar surface area (TPSA) is 75.8 Å². The van der Waals surface area contributed by atoms with Crippen molar-refractivity contribution in [1.29, 1.82) is 0 Å². The van der Waals surface area contributed by atoms with Gasteiger partial charge >= 0.3 is 0 Å². The molecule has 0 unspecified atom stereocenters. The molecule has 1 amide bonds. The van der Waals surface area contributed by atoms with Gasteiger partial charge in [0.15, 0.2) is 0 Å². The molecule has 5 rings (SSSR count). The summed E-state index contributed by atoms with van der Waals surface area (Å²) >= 11 is 0. The van der Waals surface area contributed by atoms with Gasteiger partial charge in [-0.2, -0.15) is 0 Å². The zero-order chi connectivity index (χ0) is 23.3. The number of aromatic amines is 1. The van der Waals surface area contributed by atoms with Crippen molar-refractivity contribution >= 4 is 17.5 Å². The fourth-order valence-corrected chi connectivity index (χ4v) is 5.50. The molecule has 3 fully saturated rings. The molecule has 0 spiro atoms. The molecule has 2 saturated heterocycles. The standard InChI is InChI=1S/C26H36N6O2/c33-24-19-22(20-29-11-13-30(14-12-29)23-9-5-2-6-10-23)27-26(28-24)32-17-15-31(16-18-32)25(34)21-7-3-1-4-8-21/h2,5-6,9-10,19,21H,1,3-4,7-8,11-18,20H2,(H,27,28,33). The van der Waals surface area contributed by atoms with Crippen molar-refractivity contribution in [2.75, 3.05) is 62.2 Å². The first-order valence-electron chi connectivity index (χ1n) is 12.8. The highest BCUT2D eigenvalue weighted by atomic mass is 16.2. The van der Waals surface area contributed by atoms with Gasteiger partial charge in [-0.15, -0.1) is 0 Å².